The fourth-order valence-electron chi connectivity index (χ4n) is 1.25. The van der Waals surface area contributed by atoms with Gasteiger partial charge in [0.05, 0.1) is 5.54 Å². The molecule has 1 aliphatic heterocycles. The van der Waals surface area contributed by atoms with Gasteiger partial charge in [-0.2, -0.15) is 0 Å². The lowest BCUT2D eigenvalue weighted by atomic mass is 9.95. The third kappa shape index (κ3) is 2.44. The van der Waals surface area contributed by atoms with E-state index in [2.05, 4.69) is 9.89 Å². The molecule has 11 heavy (non-hydrogen) atoms. The van der Waals surface area contributed by atoms with Crippen LogP contribution in [0.2, 0.25) is 0 Å². The molecule has 2 N–H and O–H groups in total. The lowest BCUT2D eigenvalue weighted by Crippen LogP contribution is -2.47. The van der Waals surface area contributed by atoms with E-state index in [-0.39, 0.29) is 5.54 Å². The highest BCUT2D eigenvalue weighted by Gasteiger charge is 2.22. The van der Waals surface area contributed by atoms with Crippen LogP contribution in [0.3, 0.4) is 0 Å². The first kappa shape index (κ1) is 8.43. The van der Waals surface area contributed by atoms with E-state index in [0.717, 1.165) is 13.0 Å². The van der Waals surface area contributed by atoms with E-state index in [4.69, 9.17) is 5.73 Å². The highest BCUT2D eigenvalue weighted by molar-refractivity contribution is 5.62. The third-order valence-electron chi connectivity index (χ3n) is 1.68. The Labute approximate surface area is 67.6 Å². The van der Waals surface area contributed by atoms with Crippen LogP contribution < -0.4 is 5.73 Å². The number of likely N-dealkylation sites (N-methyl/N-ethyl adjacent to an activating group) is 1. The molecule has 0 saturated carbocycles. The van der Waals surface area contributed by atoms with Gasteiger partial charge in [-0.25, -0.2) is 0 Å². The van der Waals surface area contributed by atoms with E-state index < -0.39 is 0 Å². The summed E-state index contributed by atoms with van der Waals surface area (Å²) in [4.78, 5) is 6.06. The Balaban J connectivity index is 2.54. The number of hydrogen-bond donors (Lipinski definition) is 1. The zero-order valence-corrected chi connectivity index (χ0v) is 7.12. The molecule has 0 aromatic heterocycles. The van der Waals surface area contributed by atoms with Gasteiger partial charge < -0.3 is 10.6 Å². The van der Waals surface area contributed by atoms with Gasteiger partial charge in [0.15, 0.2) is 0 Å². The summed E-state index contributed by atoms with van der Waals surface area (Å²) < 4.78 is 0. The normalized spacial score (nSPS) is 29.8. The first-order chi connectivity index (χ1) is 5.12. The first-order valence-electron chi connectivity index (χ1n) is 3.75. The molecule has 1 rings (SSSR count). The maximum Gasteiger partial charge on any atom is 0.0535 e. The van der Waals surface area contributed by atoms with Gasteiger partial charge in [0, 0.05) is 25.4 Å². The Morgan fingerprint density at radius 3 is 2.82 bits per heavy atom. The predicted molar refractivity (Wildman–Crippen MR) is 47.7 cm³/mol. The SMILES string of the molecule is CN(C)CC1(N)C=CN=CC1. The van der Waals surface area contributed by atoms with E-state index in [1.54, 1.807) is 6.20 Å². The van der Waals surface area contributed by atoms with E-state index in [1.807, 2.05) is 26.4 Å². The molecule has 0 saturated heterocycles. The Morgan fingerprint density at radius 1 is 1.64 bits per heavy atom. The van der Waals surface area contributed by atoms with Crippen LogP contribution in [0, 0.1) is 0 Å². The van der Waals surface area contributed by atoms with Crippen LogP contribution in [0.5, 0.6) is 0 Å². The molecule has 1 heterocycles. The Hall–Kier alpha value is -0.670. The van der Waals surface area contributed by atoms with Gasteiger partial charge in [0.1, 0.15) is 0 Å². The van der Waals surface area contributed by atoms with Crippen molar-refractivity contribution in [2.75, 3.05) is 20.6 Å². The molecular weight excluding hydrogens is 138 g/mol. The minimum absolute atomic E-state index is 0.203. The summed E-state index contributed by atoms with van der Waals surface area (Å²) in [5, 5.41) is 0. The van der Waals surface area contributed by atoms with Crippen LogP contribution in [-0.2, 0) is 0 Å². The molecule has 62 valence electrons. The fourth-order valence-corrected chi connectivity index (χ4v) is 1.25. The van der Waals surface area contributed by atoms with Gasteiger partial charge in [-0.3, -0.25) is 4.99 Å². The molecule has 0 amide bonds. The number of nitrogens with zero attached hydrogens (tertiary/aromatic N) is 2. The molecule has 3 nitrogen and oxygen atoms in total. The predicted octanol–water partition coefficient (Wildman–Crippen LogP) is 0.234. The van der Waals surface area contributed by atoms with Gasteiger partial charge in [0.25, 0.3) is 0 Å². The summed E-state index contributed by atoms with van der Waals surface area (Å²) in [6.45, 7) is 0.871. The third-order valence-corrected chi connectivity index (χ3v) is 1.68. The van der Waals surface area contributed by atoms with Crippen LogP contribution in [0.15, 0.2) is 17.3 Å². The van der Waals surface area contributed by atoms with E-state index in [9.17, 15) is 0 Å². The van der Waals surface area contributed by atoms with Crippen LogP contribution in [0.1, 0.15) is 6.42 Å². The summed E-state index contributed by atoms with van der Waals surface area (Å²) >= 11 is 0. The van der Waals surface area contributed by atoms with Crippen molar-refractivity contribution in [3.63, 3.8) is 0 Å². The lowest BCUT2D eigenvalue weighted by Gasteiger charge is -2.28. The fraction of sp³-hybridized carbons (Fsp3) is 0.625. The Bertz CT molecular complexity index is 184. The summed E-state index contributed by atoms with van der Waals surface area (Å²) in [7, 11) is 4.04. The maximum atomic E-state index is 6.04. The average molecular weight is 153 g/mol. The van der Waals surface area contributed by atoms with Crippen LogP contribution in [0.4, 0.5) is 0 Å². The molecule has 1 atom stereocenters. The summed E-state index contributed by atoms with van der Waals surface area (Å²) in [6, 6.07) is 0. The largest absolute Gasteiger partial charge is 0.320 e. The second-order valence-electron chi connectivity index (χ2n) is 3.32. The van der Waals surface area contributed by atoms with Crippen LogP contribution in [0.25, 0.3) is 0 Å². The summed E-state index contributed by atoms with van der Waals surface area (Å²) in [6.07, 6.45) is 6.44. The van der Waals surface area contributed by atoms with Gasteiger partial charge >= 0.3 is 0 Å². The molecule has 3 heteroatoms. The maximum absolute atomic E-state index is 6.04. The van der Waals surface area contributed by atoms with Crippen molar-refractivity contribution in [1.82, 2.24) is 4.90 Å². The molecule has 0 bridgehead atoms. The van der Waals surface area contributed by atoms with Crippen LogP contribution >= 0.6 is 0 Å². The first-order valence-corrected chi connectivity index (χ1v) is 3.75. The minimum Gasteiger partial charge on any atom is -0.320 e. The van der Waals surface area contributed by atoms with Crippen molar-refractivity contribution in [1.29, 1.82) is 0 Å². The molecule has 0 aromatic carbocycles. The van der Waals surface area contributed by atoms with Gasteiger partial charge in [-0.1, -0.05) is 0 Å². The topological polar surface area (TPSA) is 41.6 Å². The number of aliphatic imine (C=N–C) groups is 1. The van der Waals surface area contributed by atoms with Crippen molar-refractivity contribution < 1.29 is 0 Å². The van der Waals surface area contributed by atoms with Crippen molar-refractivity contribution in [2.24, 2.45) is 10.7 Å². The van der Waals surface area contributed by atoms with Crippen molar-refractivity contribution in [3.8, 4) is 0 Å². The molecule has 0 radical (unpaired) electrons. The second-order valence-corrected chi connectivity index (χ2v) is 3.32. The molecular formula is C8H15N3. The zero-order valence-electron chi connectivity index (χ0n) is 7.12. The minimum atomic E-state index is -0.203. The molecule has 0 spiro atoms. The van der Waals surface area contributed by atoms with Crippen molar-refractivity contribution in [3.05, 3.63) is 12.3 Å². The van der Waals surface area contributed by atoms with Gasteiger partial charge in [0.2, 0.25) is 0 Å². The zero-order chi connectivity index (χ0) is 8.32. The summed E-state index contributed by atoms with van der Waals surface area (Å²) in [5.41, 5.74) is 5.84. The highest BCUT2D eigenvalue weighted by Crippen LogP contribution is 2.11. The quantitative estimate of drug-likeness (QED) is 0.617. The molecule has 0 fully saturated rings. The number of nitrogens with two attached hydrogens (primary N) is 1. The molecule has 1 unspecified atom stereocenters. The number of rotatable bonds is 2. The second kappa shape index (κ2) is 3.15. The van der Waals surface area contributed by atoms with Crippen molar-refractivity contribution in [2.45, 2.75) is 12.0 Å². The van der Waals surface area contributed by atoms with E-state index in [0.29, 0.717) is 0 Å². The van der Waals surface area contributed by atoms with Gasteiger partial charge in [-0.15, -0.1) is 0 Å². The van der Waals surface area contributed by atoms with Crippen LogP contribution in [-0.4, -0.2) is 37.3 Å². The van der Waals surface area contributed by atoms with E-state index >= 15 is 0 Å². The Morgan fingerprint density at radius 2 is 2.36 bits per heavy atom. The average Bonchev–Trinajstić information content (AvgIpc) is 1.85. The number of hydrogen-bond acceptors (Lipinski definition) is 3. The highest BCUT2D eigenvalue weighted by atomic mass is 15.1. The monoisotopic (exact) mass is 153 g/mol. The molecule has 1 aliphatic rings. The van der Waals surface area contributed by atoms with Crippen molar-refractivity contribution >= 4 is 6.21 Å². The smallest absolute Gasteiger partial charge is 0.0535 e. The Kier molecular flexibility index (Phi) is 2.42. The standard InChI is InChI=1S/C8H15N3/c1-11(2)7-8(9)3-5-10-6-4-8/h3,5-6H,4,7,9H2,1-2H3. The van der Waals surface area contributed by atoms with Gasteiger partial charge in [-0.05, 0) is 20.2 Å². The molecule has 0 aromatic rings. The summed E-state index contributed by atoms with van der Waals surface area (Å²) in [5.74, 6) is 0. The molecule has 0 aliphatic carbocycles. The van der Waals surface area contributed by atoms with E-state index in [1.165, 1.54) is 0 Å². The lowest BCUT2D eigenvalue weighted by molar-refractivity contribution is 0.329.